The molecule has 3 aromatic heterocycles. The number of aryl methyl sites for hydroxylation is 1. The van der Waals surface area contributed by atoms with Crippen LogP contribution in [0.4, 0.5) is 5.82 Å². The number of thioether (sulfide) groups is 1. The first-order chi connectivity index (χ1) is 14.5. The fourth-order valence-corrected chi connectivity index (χ4v) is 4.45. The second-order valence-corrected chi connectivity index (χ2v) is 8.56. The first-order valence-electron chi connectivity index (χ1n) is 9.52. The molecule has 1 saturated heterocycles. The summed E-state index contributed by atoms with van der Waals surface area (Å²) in [4.78, 5) is 32.7. The van der Waals surface area contributed by atoms with Crippen LogP contribution in [0.3, 0.4) is 0 Å². The van der Waals surface area contributed by atoms with Gasteiger partial charge in [-0.3, -0.25) is 18.9 Å². The Morgan fingerprint density at radius 1 is 1.30 bits per heavy atom. The number of carbonyl (C=O) groups is 1. The Morgan fingerprint density at radius 3 is 2.87 bits per heavy atom. The van der Waals surface area contributed by atoms with Crippen molar-refractivity contribution in [3.63, 3.8) is 0 Å². The van der Waals surface area contributed by atoms with Crippen LogP contribution in [-0.4, -0.2) is 31.1 Å². The number of carbonyl (C=O) groups excluding carboxylic acids is 1. The number of hydrogen-bond acceptors (Lipinski definition) is 7. The number of furan rings is 1. The van der Waals surface area contributed by atoms with E-state index >= 15 is 0 Å². The molecular formula is C21H20N4O3S2. The SMILES string of the molecule is CCCN1C(=O)C(=Cc2c(NCc3ccco3)nc3ccc(C)cn3c2=O)SC1=S. The van der Waals surface area contributed by atoms with Crippen molar-refractivity contribution >= 4 is 51.7 Å². The van der Waals surface area contributed by atoms with E-state index in [-0.39, 0.29) is 11.5 Å². The van der Waals surface area contributed by atoms with Crippen LogP contribution in [-0.2, 0) is 11.3 Å². The monoisotopic (exact) mass is 440 g/mol. The molecule has 3 aromatic rings. The summed E-state index contributed by atoms with van der Waals surface area (Å²) in [5.74, 6) is 0.916. The molecule has 0 saturated carbocycles. The molecule has 1 aliphatic heterocycles. The molecule has 30 heavy (non-hydrogen) atoms. The molecule has 1 aliphatic rings. The molecular weight excluding hydrogens is 420 g/mol. The van der Waals surface area contributed by atoms with Crippen LogP contribution < -0.4 is 10.9 Å². The maximum absolute atomic E-state index is 13.3. The Hall–Kier alpha value is -2.91. The summed E-state index contributed by atoms with van der Waals surface area (Å²) in [6.45, 7) is 4.81. The predicted molar refractivity (Wildman–Crippen MR) is 122 cm³/mol. The molecule has 9 heteroatoms. The molecule has 1 fully saturated rings. The summed E-state index contributed by atoms with van der Waals surface area (Å²) in [5.41, 5.74) is 1.50. The van der Waals surface area contributed by atoms with E-state index in [0.29, 0.717) is 45.1 Å². The summed E-state index contributed by atoms with van der Waals surface area (Å²) < 4.78 is 7.36. The highest BCUT2D eigenvalue weighted by atomic mass is 32.2. The zero-order chi connectivity index (χ0) is 21.3. The van der Waals surface area contributed by atoms with E-state index in [1.54, 1.807) is 35.6 Å². The molecule has 0 bridgehead atoms. The number of anilines is 1. The quantitative estimate of drug-likeness (QED) is 0.461. The van der Waals surface area contributed by atoms with Crippen LogP contribution in [0.15, 0.2) is 50.8 Å². The average molecular weight is 441 g/mol. The fourth-order valence-electron chi connectivity index (χ4n) is 3.16. The largest absolute Gasteiger partial charge is 0.467 e. The fraction of sp³-hybridized carbons (Fsp3) is 0.238. The van der Waals surface area contributed by atoms with Crippen LogP contribution in [0.25, 0.3) is 11.7 Å². The Kier molecular flexibility index (Phi) is 5.74. The lowest BCUT2D eigenvalue weighted by molar-refractivity contribution is -0.122. The zero-order valence-corrected chi connectivity index (χ0v) is 18.2. The standard InChI is InChI=1S/C21H20N4O3S2/c1-3-8-24-20(27)16(30-21(24)29)10-15-18(22-11-14-5-4-9-28-14)23-17-7-6-13(2)12-25(17)19(15)26/h4-7,9-10,12,22H,3,8,11H2,1-2H3. The molecule has 0 atom stereocenters. The maximum atomic E-state index is 13.3. The van der Waals surface area contributed by atoms with E-state index in [4.69, 9.17) is 16.6 Å². The molecule has 0 unspecified atom stereocenters. The van der Waals surface area contributed by atoms with Gasteiger partial charge in [0, 0.05) is 12.7 Å². The minimum atomic E-state index is -0.258. The van der Waals surface area contributed by atoms with E-state index in [0.717, 1.165) is 12.0 Å². The van der Waals surface area contributed by atoms with E-state index in [1.165, 1.54) is 16.2 Å². The molecule has 0 aliphatic carbocycles. The van der Waals surface area contributed by atoms with Crippen LogP contribution in [0.2, 0.25) is 0 Å². The third kappa shape index (κ3) is 3.90. The number of aromatic nitrogens is 2. The number of amides is 1. The highest BCUT2D eigenvalue weighted by Gasteiger charge is 2.32. The Bertz CT molecular complexity index is 1210. The van der Waals surface area contributed by atoms with E-state index in [1.807, 2.05) is 26.0 Å². The van der Waals surface area contributed by atoms with Crippen molar-refractivity contribution in [2.75, 3.05) is 11.9 Å². The van der Waals surface area contributed by atoms with Gasteiger partial charge in [0.05, 0.1) is 23.3 Å². The number of nitrogens with one attached hydrogen (secondary N) is 1. The van der Waals surface area contributed by atoms with Crippen molar-refractivity contribution < 1.29 is 9.21 Å². The predicted octanol–water partition coefficient (Wildman–Crippen LogP) is 3.82. The van der Waals surface area contributed by atoms with Gasteiger partial charge in [-0.05, 0) is 43.2 Å². The number of pyridine rings is 1. The number of hydrogen-bond donors (Lipinski definition) is 1. The van der Waals surface area contributed by atoms with E-state index in [2.05, 4.69) is 10.3 Å². The van der Waals surface area contributed by atoms with Gasteiger partial charge in [-0.25, -0.2) is 4.98 Å². The third-order valence-electron chi connectivity index (χ3n) is 4.61. The third-order valence-corrected chi connectivity index (χ3v) is 5.99. The first-order valence-corrected chi connectivity index (χ1v) is 10.7. The van der Waals surface area contributed by atoms with Gasteiger partial charge in [-0.2, -0.15) is 0 Å². The molecule has 7 nitrogen and oxygen atoms in total. The number of fused-ring (bicyclic) bond motifs is 1. The van der Waals surface area contributed by atoms with Gasteiger partial charge < -0.3 is 9.73 Å². The summed E-state index contributed by atoms with van der Waals surface area (Å²) in [6, 6.07) is 7.31. The van der Waals surface area contributed by atoms with Gasteiger partial charge in [0.25, 0.3) is 11.5 Å². The van der Waals surface area contributed by atoms with Gasteiger partial charge in [-0.1, -0.05) is 37.0 Å². The second-order valence-electron chi connectivity index (χ2n) is 6.88. The summed E-state index contributed by atoms with van der Waals surface area (Å²) in [7, 11) is 0. The lowest BCUT2D eigenvalue weighted by Crippen LogP contribution is -2.28. The van der Waals surface area contributed by atoms with Gasteiger partial charge in [0.2, 0.25) is 0 Å². The van der Waals surface area contributed by atoms with Crippen LogP contribution in [0, 0.1) is 6.92 Å². The summed E-state index contributed by atoms with van der Waals surface area (Å²) in [6.07, 6.45) is 5.71. The Balaban J connectivity index is 1.81. The average Bonchev–Trinajstić information content (AvgIpc) is 3.33. The molecule has 154 valence electrons. The van der Waals surface area contributed by atoms with Crippen molar-refractivity contribution in [3.8, 4) is 0 Å². The van der Waals surface area contributed by atoms with Crippen LogP contribution in [0.5, 0.6) is 0 Å². The molecule has 0 spiro atoms. The topological polar surface area (TPSA) is 79.8 Å². The second kappa shape index (κ2) is 8.45. The van der Waals surface area contributed by atoms with Gasteiger partial charge in [0.15, 0.2) is 0 Å². The van der Waals surface area contributed by atoms with Crippen molar-refractivity contribution in [2.24, 2.45) is 0 Å². The molecule has 0 aromatic carbocycles. The lowest BCUT2D eigenvalue weighted by Gasteiger charge is -2.12. The van der Waals surface area contributed by atoms with Gasteiger partial charge in [-0.15, -0.1) is 0 Å². The van der Waals surface area contributed by atoms with Crippen molar-refractivity contribution in [2.45, 2.75) is 26.8 Å². The van der Waals surface area contributed by atoms with Gasteiger partial charge in [0.1, 0.15) is 21.5 Å². The molecule has 1 N–H and O–H groups in total. The molecule has 1 amide bonds. The summed E-state index contributed by atoms with van der Waals surface area (Å²) >= 11 is 6.55. The smallest absolute Gasteiger partial charge is 0.267 e. The van der Waals surface area contributed by atoms with Crippen molar-refractivity contribution in [1.82, 2.24) is 14.3 Å². The lowest BCUT2D eigenvalue weighted by atomic mass is 10.2. The minimum Gasteiger partial charge on any atom is -0.467 e. The van der Waals surface area contributed by atoms with Crippen LogP contribution in [0.1, 0.15) is 30.2 Å². The molecule has 0 radical (unpaired) electrons. The number of thiocarbonyl (C=S) groups is 1. The zero-order valence-electron chi connectivity index (χ0n) is 16.5. The Labute approximate surface area is 182 Å². The summed E-state index contributed by atoms with van der Waals surface area (Å²) in [5, 5.41) is 3.17. The molecule has 4 heterocycles. The highest BCUT2D eigenvalue weighted by molar-refractivity contribution is 8.26. The normalized spacial score (nSPS) is 15.5. The van der Waals surface area contributed by atoms with Gasteiger partial charge >= 0.3 is 0 Å². The van der Waals surface area contributed by atoms with E-state index in [9.17, 15) is 9.59 Å². The minimum absolute atomic E-state index is 0.183. The number of nitrogens with zero attached hydrogens (tertiary/aromatic N) is 3. The van der Waals surface area contributed by atoms with Crippen molar-refractivity contribution in [3.05, 3.63) is 68.9 Å². The van der Waals surface area contributed by atoms with Crippen LogP contribution >= 0.6 is 24.0 Å². The van der Waals surface area contributed by atoms with E-state index < -0.39 is 0 Å². The Morgan fingerprint density at radius 2 is 2.13 bits per heavy atom. The first kappa shape index (κ1) is 20.4. The number of rotatable bonds is 6. The maximum Gasteiger partial charge on any atom is 0.267 e. The highest BCUT2D eigenvalue weighted by Crippen LogP contribution is 2.33. The van der Waals surface area contributed by atoms with Crippen molar-refractivity contribution in [1.29, 1.82) is 0 Å². The molecule has 4 rings (SSSR count).